The molecule has 0 aliphatic carbocycles. The van der Waals surface area contributed by atoms with E-state index in [0.717, 1.165) is 12.2 Å². The van der Waals surface area contributed by atoms with E-state index in [4.69, 9.17) is 10.5 Å². The zero-order valence-corrected chi connectivity index (χ0v) is 10.7. The Labute approximate surface area is 108 Å². The molecule has 0 bridgehead atoms. The van der Waals surface area contributed by atoms with Crippen molar-refractivity contribution < 1.29 is 4.74 Å². The Bertz CT molecular complexity index is 465. The van der Waals surface area contributed by atoms with Gasteiger partial charge in [0.1, 0.15) is 5.75 Å². The van der Waals surface area contributed by atoms with Crippen molar-refractivity contribution in [2.24, 2.45) is 5.73 Å². The first-order valence-electron chi connectivity index (χ1n) is 6.33. The van der Waals surface area contributed by atoms with E-state index >= 15 is 0 Å². The van der Waals surface area contributed by atoms with Gasteiger partial charge >= 0.3 is 0 Å². The number of ether oxygens (including phenoxy) is 1. The first kappa shape index (κ1) is 12.7. The van der Waals surface area contributed by atoms with Crippen LogP contribution < -0.4 is 10.5 Å². The molecule has 2 rings (SSSR count). The number of rotatable bonds is 6. The molecule has 3 heteroatoms. The van der Waals surface area contributed by atoms with Gasteiger partial charge in [0.2, 0.25) is 0 Å². The molecule has 1 heterocycles. The molecule has 1 atom stereocenters. The van der Waals surface area contributed by atoms with Crippen LogP contribution in [0.3, 0.4) is 0 Å². The van der Waals surface area contributed by atoms with Gasteiger partial charge in [-0.2, -0.15) is 0 Å². The van der Waals surface area contributed by atoms with Gasteiger partial charge < -0.3 is 15.5 Å². The van der Waals surface area contributed by atoms with E-state index in [9.17, 15) is 0 Å². The summed E-state index contributed by atoms with van der Waals surface area (Å²) in [6.45, 7) is 3.38. The summed E-state index contributed by atoms with van der Waals surface area (Å²) in [5.74, 6) is 1.30. The standard InChI is InChI=1S/C15H20N2O/c1-12-5-2-3-7-15(12)18-10-8-13(11-16)14-6-4-9-17-14/h2-7,9,13,17H,8,10-11,16H2,1H3. The lowest BCUT2D eigenvalue weighted by atomic mass is 10.0. The van der Waals surface area contributed by atoms with Crippen molar-refractivity contribution in [2.75, 3.05) is 13.2 Å². The molecule has 1 aromatic carbocycles. The first-order chi connectivity index (χ1) is 8.81. The monoisotopic (exact) mass is 244 g/mol. The predicted molar refractivity (Wildman–Crippen MR) is 73.9 cm³/mol. The largest absolute Gasteiger partial charge is 0.493 e. The second-order valence-corrected chi connectivity index (χ2v) is 4.46. The Balaban J connectivity index is 1.86. The third kappa shape index (κ3) is 3.14. The van der Waals surface area contributed by atoms with Crippen molar-refractivity contribution in [3.8, 4) is 5.75 Å². The van der Waals surface area contributed by atoms with Gasteiger partial charge in [-0.1, -0.05) is 18.2 Å². The summed E-state index contributed by atoms with van der Waals surface area (Å²) in [7, 11) is 0. The normalized spacial score (nSPS) is 12.3. The lowest BCUT2D eigenvalue weighted by Gasteiger charge is -2.14. The topological polar surface area (TPSA) is 51.0 Å². The van der Waals surface area contributed by atoms with E-state index in [0.29, 0.717) is 19.1 Å². The smallest absolute Gasteiger partial charge is 0.122 e. The summed E-state index contributed by atoms with van der Waals surface area (Å²) in [5.41, 5.74) is 8.15. The van der Waals surface area contributed by atoms with E-state index in [1.54, 1.807) is 0 Å². The molecule has 0 aliphatic heterocycles. The summed E-state index contributed by atoms with van der Waals surface area (Å²) in [5, 5.41) is 0. The van der Waals surface area contributed by atoms with E-state index in [-0.39, 0.29) is 0 Å². The van der Waals surface area contributed by atoms with Crippen LogP contribution in [0.5, 0.6) is 5.75 Å². The van der Waals surface area contributed by atoms with E-state index in [2.05, 4.69) is 24.0 Å². The number of benzene rings is 1. The SMILES string of the molecule is Cc1ccccc1OCCC(CN)c1ccc[nH]1. The second kappa shape index (κ2) is 6.26. The van der Waals surface area contributed by atoms with Crippen molar-refractivity contribution in [2.45, 2.75) is 19.3 Å². The molecule has 0 saturated heterocycles. The number of aryl methyl sites for hydroxylation is 1. The van der Waals surface area contributed by atoms with Crippen molar-refractivity contribution in [3.05, 3.63) is 53.9 Å². The Hall–Kier alpha value is -1.74. The molecule has 0 fully saturated rings. The zero-order chi connectivity index (χ0) is 12.8. The van der Waals surface area contributed by atoms with Crippen molar-refractivity contribution in [1.29, 1.82) is 0 Å². The van der Waals surface area contributed by atoms with Gasteiger partial charge in [0.05, 0.1) is 6.61 Å². The number of H-pyrrole nitrogens is 1. The molecule has 0 saturated carbocycles. The van der Waals surface area contributed by atoms with Crippen LogP contribution in [-0.4, -0.2) is 18.1 Å². The average Bonchev–Trinajstić information content (AvgIpc) is 2.90. The minimum Gasteiger partial charge on any atom is -0.493 e. The summed E-state index contributed by atoms with van der Waals surface area (Å²) in [4.78, 5) is 3.21. The van der Waals surface area contributed by atoms with Crippen molar-refractivity contribution in [1.82, 2.24) is 4.98 Å². The van der Waals surface area contributed by atoms with Gasteiger partial charge in [0.15, 0.2) is 0 Å². The summed E-state index contributed by atoms with van der Waals surface area (Å²) < 4.78 is 5.80. The molecular weight excluding hydrogens is 224 g/mol. The van der Waals surface area contributed by atoms with Gasteiger partial charge in [-0.25, -0.2) is 0 Å². The first-order valence-corrected chi connectivity index (χ1v) is 6.33. The molecule has 3 nitrogen and oxygen atoms in total. The third-order valence-electron chi connectivity index (χ3n) is 3.16. The fraction of sp³-hybridized carbons (Fsp3) is 0.333. The Morgan fingerprint density at radius 1 is 1.22 bits per heavy atom. The quantitative estimate of drug-likeness (QED) is 0.821. The van der Waals surface area contributed by atoms with Crippen LogP contribution in [0.4, 0.5) is 0 Å². The molecule has 0 radical (unpaired) electrons. The minimum atomic E-state index is 0.337. The fourth-order valence-electron chi connectivity index (χ4n) is 2.03. The molecule has 18 heavy (non-hydrogen) atoms. The van der Waals surface area contributed by atoms with Gasteiger partial charge in [-0.05, 0) is 37.1 Å². The highest BCUT2D eigenvalue weighted by Crippen LogP contribution is 2.20. The Morgan fingerprint density at radius 3 is 2.72 bits per heavy atom. The van der Waals surface area contributed by atoms with Crippen LogP contribution >= 0.6 is 0 Å². The van der Waals surface area contributed by atoms with E-state index < -0.39 is 0 Å². The Morgan fingerprint density at radius 2 is 2.06 bits per heavy atom. The minimum absolute atomic E-state index is 0.337. The van der Waals surface area contributed by atoms with Crippen LogP contribution in [0.15, 0.2) is 42.6 Å². The number of aromatic nitrogens is 1. The lowest BCUT2D eigenvalue weighted by molar-refractivity contribution is 0.295. The molecule has 2 aromatic rings. The molecule has 96 valence electrons. The molecule has 0 aliphatic rings. The Kier molecular flexibility index (Phi) is 4.42. The maximum absolute atomic E-state index is 5.80. The van der Waals surface area contributed by atoms with Crippen LogP contribution in [0.25, 0.3) is 0 Å². The van der Waals surface area contributed by atoms with Crippen molar-refractivity contribution >= 4 is 0 Å². The summed E-state index contributed by atoms with van der Waals surface area (Å²) in [6.07, 6.45) is 2.85. The highest BCUT2D eigenvalue weighted by molar-refractivity contribution is 5.31. The molecule has 1 unspecified atom stereocenters. The van der Waals surface area contributed by atoms with E-state index in [1.165, 1.54) is 11.3 Å². The van der Waals surface area contributed by atoms with Crippen LogP contribution in [-0.2, 0) is 0 Å². The third-order valence-corrected chi connectivity index (χ3v) is 3.16. The lowest BCUT2D eigenvalue weighted by Crippen LogP contribution is -2.16. The van der Waals surface area contributed by atoms with Crippen LogP contribution in [0, 0.1) is 6.92 Å². The van der Waals surface area contributed by atoms with Crippen molar-refractivity contribution in [3.63, 3.8) is 0 Å². The molecule has 1 aromatic heterocycles. The van der Waals surface area contributed by atoms with E-state index in [1.807, 2.05) is 30.5 Å². The number of aromatic amines is 1. The second-order valence-electron chi connectivity index (χ2n) is 4.46. The van der Waals surface area contributed by atoms with Gasteiger partial charge in [0.25, 0.3) is 0 Å². The highest BCUT2D eigenvalue weighted by atomic mass is 16.5. The van der Waals surface area contributed by atoms with Gasteiger partial charge in [-0.15, -0.1) is 0 Å². The van der Waals surface area contributed by atoms with Crippen LogP contribution in [0.1, 0.15) is 23.6 Å². The zero-order valence-electron chi connectivity index (χ0n) is 10.7. The maximum Gasteiger partial charge on any atom is 0.122 e. The molecule has 0 amide bonds. The fourth-order valence-corrected chi connectivity index (χ4v) is 2.03. The highest BCUT2D eigenvalue weighted by Gasteiger charge is 2.10. The molecule has 0 spiro atoms. The predicted octanol–water partition coefficient (Wildman–Crippen LogP) is 2.83. The van der Waals surface area contributed by atoms with Gasteiger partial charge in [0, 0.05) is 24.4 Å². The molecule has 3 N–H and O–H groups in total. The van der Waals surface area contributed by atoms with Gasteiger partial charge in [-0.3, -0.25) is 0 Å². The number of hydrogen-bond acceptors (Lipinski definition) is 2. The number of nitrogens with one attached hydrogen (secondary N) is 1. The average molecular weight is 244 g/mol. The number of nitrogens with two attached hydrogens (primary N) is 1. The molecular formula is C15H20N2O. The number of hydrogen-bond donors (Lipinski definition) is 2. The maximum atomic E-state index is 5.80. The summed E-state index contributed by atoms with van der Waals surface area (Å²) in [6, 6.07) is 12.1. The summed E-state index contributed by atoms with van der Waals surface area (Å²) >= 11 is 0. The number of para-hydroxylation sites is 1. The van der Waals surface area contributed by atoms with Crippen LogP contribution in [0.2, 0.25) is 0 Å².